The molecule has 2 heterocycles. The number of benzene rings is 4. The number of halogens is 2. The zero-order chi connectivity index (χ0) is 31.8. The molecule has 0 radical (unpaired) electrons. The van der Waals surface area contributed by atoms with E-state index in [0.717, 1.165) is 22.4 Å². The highest BCUT2D eigenvalue weighted by molar-refractivity contribution is 6.30. The van der Waals surface area contributed by atoms with Crippen LogP contribution in [0.4, 0.5) is 4.39 Å². The summed E-state index contributed by atoms with van der Waals surface area (Å²) in [5, 5.41) is 22.8. The number of nitrogens with zero attached hydrogens (tertiary/aromatic N) is 3. The number of carbonyl (C=O) groups is 2. The fourth-order valence-electron chi connectivity index (χ4n) is 4.54. The topological polar surface area (TPSA) is 118 Å². The molecule has 0 bridgehead atoms. The first-order chi connectivity index (χ1) is 21.8. The largest absolute Gasteiger partial charge is 0.481 e. The van der Waals surface area contributed by atoms with Crippen molar-refractivity contribution < 1.29 is 28.6 Å². The highest BCUT2D eigenvalue weighted by Gasteiger charge is 2.17. The van der Waals surface area contributed by atoms with Gasteiger partial charge >= 0.3 is 11.9 Å². The lowest BCUT2D eigenvalue weighted by Gasteiger charge is -2.00. The SMILES string of the molecule is O=C(O)CCc1nc(-c2ccccc2)c(-c2ccccc2)o1.O=C(O)Cc1nn(-c2ccc(F)cc2)cc1-c1ccc(Cl)cc1. The van der Waals surface area contributed by atoms with Gasteiger partial charge < -0.3 is 14.6 Å². The van der Waals surface area contributed by atoms with Crippen molar-refractivity contribution in [1.29, 1.82) is 0 Å². The molecule has 0 saturated carbocycles. The Bertz CT molecular complexity index is 1830. The van der Waals surface area contributed by atoms with E-state index in [1.165, 1.54) is 12.1 Å². The summed E-state index contributed by atoms with van der Waals surface area (Å²) >= 11 is 5.89. The minimum atomic E-state index is -0.968. The lowest BCUT2D eigenvalue weighted by Crippen LogP contribution is -2.03. The summed E-state index contributed by atoms with van der Waals surface area (Å²) in [6.07, 6.45) is 1.81. The van der Waals surface area contributed by atoms with Crippen LogP contribution in [-0.4, -0.2) is 36.9 Å². The van der Waals surface area contributed by atoms with Gasteiger partial charge in [-0.25, -0.2) is 14.1 Å². The van der Waals surface area contributed by atoms with Gasteiger partial charge in [0, 0.05) is 34.3 Å². The quantitative estimate of drug-likeness (QED) is 0.168. The fourth-order valence-corrected chi connectivity index (χ4v) is 4.67. The van der Waals surface area contributed by atoms with Crippen LogP contribution >= 0.6 is 11.6 Å². The number of carboxylic acids is 2. The predicted molar refractivity (Wildman–Crippen MR) is 169 cm³/mol. The maximum Gasteiger partial charge on any atom is 0.309 e. The number of rotatable bonds is 9. The highest BCUT2D eigenvalue weighted by Crippen LogP contribution is 2.33. The van der Waals surface area contributed by atoms with Gasteiger partial charge in [-0.05, 0) is 42.0 Å². The molecule has 0 atom stereocenters. The normalized spacial score (nSPS) is 10.6. The van der Waals surface area contributed by atoms with Crippen LogP contribution in [0.15, 0.2) is 120 Å². The Labute approximate surface area is 263 Å². The third-order valence-electron chi connectivity index (χ3n) is 6.66. The zero-order valence-electron chi connectivity index (χ0n) is 23.8. The molecule has 10 heteroatoms. The second-order valence-electron chi connectivity index (χ2n) is 9.90. The van der Waals surface area contributed by atoms with Gasteiger partial charge in [-0.1, -0.05) is 84.4 Å². The van der Waals surface area contributed by atoms with Crippen LogP contribution in [0.3, 0.4) is 0 Å². The minimum absolute atomic E-state index is 0.00295. The molecule has 0 fully saturated rings. The van der Waals surface area contributed by atoms with Crippen LogP contribution in [0, 0.1) is 5.82 Å². The Morgan fingerprint density at radius 2 is 1.40 bits per heavy atom. The van der Waals surface area contributed by atoms with Gasteiger partial charge in [0.1, 0.15) is 11.5 Å². The molecule has 0 saturated heterocycles. The molecule has 2 aromatic heterocycles. The molecule has 6 aromatic rings. The van der Waals surface area contributed by atoms with Crippen LogP contribution in [-0.2, 0) is 22.4 Å². The highest BCUT2D eigenvalue weighted by atomic mass is 35.5. The van der Waals surface area contributed by atoms with Gasteiger partial charge in [-0.3, -0.25) is 9.59 Å². The molecular formula is C35H27ClFN3O5. The van der Waals surface area contributed by atoms with Crippen molar-refractivity contribution >= 4 is 23.5 Å². The van der Waals surface area contributed by atoms with Crippen molar-refractivity contribution in [2.24, 2.45) is 0 Å². The summed E-state index contributed by atoms with van der Waals surface area (Å²) in [6.45, 7) is 0. The van der Waals surface area contributed by atoms with Gasteiger partial charge in [0.05, 0.1) is 24.2 Å². The van der Waals surface area contributed by atoms with E-state index in [1.807, 2.05) is 60.7 Å². The van der Waals surface area contributed by atoms with E-state index in [-0.39, 0.29) is 25.1 Å². The summed E-state index contributed by atoms with van der Waals surface area (Å²) in [5.74, 6) is -1.05. The van der Waals surface area contributed by atoms with Crippen LogP contribution in [0.5, 0.6) is 0 Å². The Morgan fingerprint density at radius 1 is 0.778 bits per heavy atom. The summed E-state index contributed by atoms with van der Waals surface area (Å²) < 4.78 is 20.4. The van der Waals surface area contributed by atoms with Crippen molar-refractivity contribution in [3.8, 4) is 39.4 Å². The second kappa shape index (κ2) is 14.3. The number of hydrogen-bond donors (Lipinski definition) is 2. The molecule has 6 rings (SSSR count). The fraction of sp³-hybridized carbons (Fsp3) is 0.0857. The zero-order valence-corrected chi connectivity index (χ0v) is 24.6. The molecule has 4 aromatic carbocycles. The third-order valence-corrected chi connectivity index (χ3v) is 6.92. The molecule has 0 aliphatic heterocycles. The van der Waals surface area contributed by atoms with Crippen LogP contribution in [0.1, 0.15) is 18.0 Å². The van der Waals surface area contributed by atoms with E-state index >= 15 is 0 Å². The number of aromatic nitrogens is 3. The molecule has 0 aliphatic rings. The monoisotopic (exact) mass is 623 g/mol. The second-order valence-corrected chi connectivity index (χ2v) is 10.3. The molecule has 0 spiro atoms. The van der Waals surface area contributed by atoms with E-state index in [1.54, 1.807) is 47.3 Å². The van der Waals surface area contributed by atoms with E-state index in [9.17, 15) is 14.0 Å². The first-order valence-corrected chi connectivity index (χ1v) is 14.3. The average molecular weight is 624 g/mol. The molecule has 0 aliphatic carbocycles. The van der Waals surface area contributed by atoms with Crippen LogP contribution in [0.2, 0.25) is 5.02 Å². The van der Waals surface area contributed by atoms with Crippen molar-refractivity contribution in [3.05, 3.63) is 138 Å². The number of carboxylic acid groups (broad SMARTS) is 2. The summed E-state index contributed by atoms with van der Waals surface area (Å²) in [4.78, 5) is 26.3. The lowest BCUT2D eigenvalue weighted by atomic mass is 10.1. The van der Waals surface area contributed by atoms with E-state index < -0.39 is 11.9 Å². The van der Waals surface area contributed by atoms with Crippen molar-refractivity contribution in [2.45, 2.75) is 19.3 Å². The molecule has 2 N–H and O–H groups in total. The van der Waals surface area contributed by atoms with Gasteiger partial charge in [-0.2, -0.15) is 5.10 Å². The maximum atomic E-state index is 13.0. The summed E-state index contributed by atoms with van der Waals surface area (Å²) in [5.41, 5.74) is 5.23. The predicted octanol–water partition coefficient (Wildman–Crippen LogP) is 7.98. The van der Waals surface area contributed by atoms with Crippen molar-refractivity contribution in [3.63, 3.8) is 0 Å². The smallest absolute Gasteiger partial charge is 0.309 e. The number of hydrogen-bond acceptors (Lipinski definition) is 5. The molecule has 45 heavy (non-hydrogen) atoms. The Hall–Kier alpha value is -5.54. The number of aliphatic carboxylic acids is 2. The molecule has 226 valence electrons. The van der Waals surface area contributed by atoms with Crippen LogP contribution in [0.25, 0.3) is 39.4 Å². The molecule has 0 amide bonds. The Kier molecular flexibility index (Phi) is 9.81. The maximum absolute atomic E-state index is 13.0. The average Bonchev–Trinajstić information content (AvgIpc) is 3.67. The van der Waals surface area contributed by atoms with Gasteiger partial charge in [-0.15, -0.1) is 0 Å². The number of oxazole rings is 1. The standard InChI is InChI=1S/C18H15NO3.C17H12ClFN2O2/c20-16(21)12-11-15-19-17(13-7-3-1-4-8-13)18(22-15)14-9-5-2-6-10-14;18-12-3-1-11(2-4-12)15-10-21(20-16(15)9-17(22)23)14-7-5-13(19)6-8-14/h1-10H,11-12H2,(H,20,21);1-8,10H,9H2,(H,22,23). The van der Waals surface area contributed by atoms with E-state index in [2.05, 4.69) is 10.1 Å². The van der Waals surface area contributed by atoms with Crippen LogP contribution < -0.4 is 0 Å². The minimum Gasteiger partial charge on any atom is -0.481 e. The Balaban J connectivity index is 0.000000178. The van der Waals surface area contributed by atoms with Crippen molar-refractivity contribution in [1.82, 2.24) is 14.8 Å². The first kappa shape index (κ1) is 30.9. The van der Waals surface area contributed by atoms with Gasteiger partial charge in [0.25, 0.3) is 0 Å². The summed E-state index contributed by atoms with van der Waals surface area (Å²) in [6, 6.07) is 32.4. The van der Waals surface area contributed by atoms with Gasteiger partial charge in [0.2, 0.25) is 0 Å². The molecular weight excluding hydrogens is 597 g/mol. The summed E-state index contributed by atoms with van der Waals surface area (Å²) in [7, 11) is 0. The third kappa shape index (κ3) is 8.10. The van der Waals surface area contributed by atoms with Gasteiger partial charge in [0.15, 0.2) is 11.7 Å². The molecule has 0 unspecified atom stereocenters. The first-order valence-electron chi connectivity index (χ1n) is 13.9. The van der Waals surface area contributed by atoms with E-state index in [0.29, 0.717) is 33.6 Å². The molecule has 8 nitrogen and oxygen atoms in total. The number of aryl methyl sites for hydroxylation is 1. The Morgan fingerprint density at radius 3 is 2.00 bits per heavy atom. The van der Waals surface area contributed by atoms with E-state index in [4.69, 9.17) is 26.2 Å². The lowest BCUT2D eigenvalue weighted by molar-refractivity contribution is -0.137. The van der Waals surface area contributed by atoms with Crippen molar-refractivity contribution in [2.75, 3.05) is 0 Å².